The summed E-state index contributed by atoms with van der Waals surface area (Å²) in [6, 6.07) is 4.53. The Balaban J connectivity index is 1.92. The van der Waals surface area contributed by atoms with Crippen molar-refractivity contribution in [3.05, 3.63) is 23.2 Å². The van der Waals surface area contributed by atoms with Gasteiger partial charge in [0.25, 0.3) is 0 Å². The van der Waals surface area contributed by atoms with Crippen molar-refractivity contribution in [3.63, 3.8) is 0 Å². The minimum Gasteiger partial charge on any atom is -0.480 e. The van der Waals surface area contributed by atoms with E-state index in [0.29, 0.717) is 18.7 Å². The Hall–Kier alpha value is -2.28. The zero-order valence-electron chi connectivity index (χ0n) is 13.8. The predicted molar refractivity (Wildman–Crippen MR) is 92.9 cm³/mol. The molecule has 1 heterocycles. The maximum atomic E-state index is 12.2. The minimum absolute atomic E-state index is 0.00491. The lowest BCUT2D eigenvalue weighted by Gasteiger charge is -2.24. The number of carboxylic acid groups (broad SMARTS) is 1. The molecular weight excluding hydrogens is 348 g/mol. The Labute approximate surface area is 150 Å². The van der Waals surface area contributed by atoms with Gasteiger partial charge in [-0.2, -0.15) is 0 Å². The maximum absolute atomic E-state index is 12.2. The first-order valence-electron chi connectivity index (χ1n) is 8.17. The SMILES string of the molecule is O=C(O)COc1ccc(NC(=O)CN2CCCCCCC2=O)cc1Cl. The molecule has 0 bridgehead atoms. The van der Waals surface area contributed by atoms with Gasteiger partial charge in [-0.3, -0.25) is 9.59 Å². The fraction of sp³-hybridized carbons (Fsp3) is 0.471. The van der Waals surface area contributed by atoms with E-state index >= 15 is 0 Å². The molecule has 0 aromatic heterocycles. The van der Waals surface area contributed by atoms with Crippen LogP contribution in [0.1, 0.15) is 32.1 Å². The summed E-state index contributed by atoms with van der Waals surface area (Å²) in [6.07, 6.45) is 4.37. The number of carbonyl (C=O) groups is 3. The molecule has 1 fully saturated rings. The molecule has 1 saturated heterocycles. The first kappa shape index (κ1) is 19.1. The number of aliphatic carboxylic acids is 1. The predicted octanol–water partition coefficient (Wildman–Crippen LogP) is 2.53. The second-order valence-electron chi connectivity index (χ2n) is 5.86. The Morgan fingerprint density at radius 1 is 1.24 bits per heavy atom. The normalized spacial score (nSPS) is 15.2. The highest BCUT2D eigenvalue weighted by Gasteiger charge is 2.18. The molecular formula is C17H21ClN2O5. The number of likely N-dealkylation sites (tertiary alicyclic amines) is 1. The smallest absolute Gasteiger partial charge is 0.341 e. The largest absolute Gasteiger partial charge is 0.480 e. The highest BCUT2D eigenvalue weighted by molar-refractivity contribution is 6.32. The van der Waals surface area contributed by atoms with E-state index in [2.05, 4.69) is 5.32 Å². The number of nitrogens with zero attached hydrogens (tertiary/aromatic N) is 1. The van der Waals surface area contributed by atoms with Crippen molar-refractivity contribution in [2.24, 2.45) is 0 Å². The maximum Gasteiger partial charge on any atom is 0.341 e. The number of amides is 2. The van der Waals surface area contributed by atoms with Crippen LogP contribution in [0.5, 0.6) is 5.75 Å². The fourth-order valence-corrected chi connectivity index (χ4v) is 2.83. The zero-order chi connectivity index (χ0) is 18.2. The molecule has 0 aliphatic carbocycles. The molecule has 0 saturated carbocycles. The molecule has 1 aliphatic heterocycles. The quantitative estimate of drug-likeness (QED) is 0.804. The van der Waals surface area contributed by atoms with Gasteiger partial charge in [-0.1, -0.05) is 24.4 Å². The van der Waals surface area contributed by atoms with Crippen LogP contribution in [0.2, 0.25) is 5.02 Å². The van der Waals surface area contributed by atoms with Gasteiger partial charge < -0.3 is 20.1 Å². The van der Waals surface area contributed by atoms with Crippen molar-refractivity contribution in [1.82, 2.24) is 4.90 Å². The van der Waals surface area contributed by atoms with E-state index in [1.807, 2.05) is 0 Å². The number of benzene rings is 1. The summed E-state index contributed by atoms with van der Waals surface area (Å²) in [6.45, 7) is 0.102. The summed E-state index contributed by atoms with van der Waals surface area (Å²) in [5.74, 6) is -1.18. The van der Waals surface area contributed by atoms with Crippen LogP contribution in [-0.4, -0.2) is 47.5 Å². The van der Waals surface area contributed by atoms with Crippen molar-refractivity contribution in [1.29, 1.82) is 0 Å². The van der Waals surface area contributed by atoms with E-state index in [4.69, 9.17) is 21.4 Å². The Bertz CT molecular complexity index is 650. The number of hydrogen-bond acceptors (Lipinski definition) is 4. The van der Waals surface area contributed by atoms with Crippen LogP contribution in [0.25, 0.3) is 0 Å². The van der Waals surface area contributed by atoms with Gasteiger partial charge in [0.15, 0.2) is 6.61 Å². The summed E-state index contributed by atoms with van der Waals surface area (Å²) >= 11 is 6.02. The number of carbonyl (C=O) groups excluding carboxylic acids is 2. The van der Waals surface area contributed by atoms with Crippen molar-refractivity contribution < 1.29 is 24.2 Å². The van der Waals surface area contributed by atoms with E-state index in [9.17, 15) is 14.4 Å². The molecule has 1 aromatic carbocycles. The van der Waals surface area contributed by atoms with Crippen LogP contribution in [0.15, 0.2) is 18.2 Å². The molecule has 136 valence electrons. The number of hydrogen-bond donors (Lipinski definition) is 2. The topological polar surface area (TPSA) is 95.9 Å². The fourth-order valence-electron chi connectivity index (χ4n) is 2.59. The van der Waals surface area contributed by atoms with Gasteiger partial charge in [-0.05, 0) is 31.0 Å². The first-order valence-corrected chi connectivity index (χ1v) is 8.55. The van der Waals surface area contributed by atoms with Crippen LogP contribution in [0.3, 0.4) is 0 Å². The standard InChI is InChI=1S/C17H21ClN2O5/c18-13-9-12(6-7-14(13)25-11-17(23)24)19-15(21)10-20-8-4-2-1-3-5-16(20)22/h6-7,9H,1-5,8,10-11H2,(H,19,21)(H,23,24). The van der Waals surface area contributed by atoms with Gasteiger partial charge in [-0.25, -0.2) is 4.79 Å². The van der Waals surface area contributed by atoms with Crippen LogP contribution >= 0.6 is 11.6 Å². The van der Waals surface area contributed by atoms with Crippen molar-refractivity contribution in [3.8, 4) is 5.75 Å². The average Bonchev–Trinajstić information content (AvgIpc) is 2.53. The molecule has 8 heteroatoms. The van der Waals surface area contributed by atoms with Gasteiger partial charge >= 0.3 is 5.97 Å². The van der Waals surface area contributed by atoms with Gasteiger partial charge in [0, 0.05) is 18.7 Å². The summed E-state index contributed by atoms with van der Waals surface area (Å²) in [5, 5.41) is 11.5. The molecule has 0 atom stereocenters. The van der Waals surface area contributed by atoms with Gasteiger partial charge in [0.05, 0.1) is 11.6 Å². The molecule has 1 aromatic rings. The molecule has 2 amide bonds. The van der Waals surface area contributed by atoms with Gasteiger partial charge in [0.1, 0.15) is 5.75 Å². The van der Waals surface area contributed by atoms with Crippen LogP contribution in [0, 0.1) is 0 Å². The van der Waals surface area contributed by atoms with Crippen molar-refractivity contribution >= 4 is 35.1 Å². The third-order valence-corrected chi connectivity index (χ3v) is 4.12. The minimum atomic E-state index is -1.11. The second-order valence-corrected chi connectivity index (χ2v) is 6.26. The molecule has 2 rings (SSSR count). The third kappa shape index (κ3) is 6.26. The average molecular weight is 369 g/mol. The lowest BCUT2D eigenvalue weighted by atomic mass is 10.1. The summed E-state index contributed by atoms with van der Waals surface area (Å²) < 4.78 is 5.02. The number of halogens is 1. The summed E-state index contributed by atoms with van der Waals surface area (Å²) in [7, 11) is 0. The number of rotatable bonds is 6. The Morgan fingerprint density at radius 3 is 2.72 bits per heavy atom. The number of carboxylic acids is 1. The van der Waals surface area contributed by atoms with E-state index in [1.54, 1.807) is 11.0 Å². The van der Waals surface area contributed by atoms with E-state index < -0.39 is 12.6 Å². The van der Waals surface area contributed by atoms with E-state index in [0.717, 1.165) is 25.7 Å². The monoisotopic (exact) mass is 368 g/mol. The van der Waals surface area contributed by atoms with Crippen molar-refractivity contribution in [2.75, 3.05) is 25.0 Å². The van der Waals surface area contributed by atoms with E-state index in [-0.39, 0.29) is 29.1 Å². The Kier molecular flexibility index (Phi) is 7.06. The first-order chi connectivity index (χ1) is 12.0. The van der Waals surface area contributed by atoms with Gasteiger partial charge in [0.2, 0.25) is 11.8 Å². The lowest BCUT2D eigenvalue weighted by molar-refractivity contribution is -0.139. The molecule has 1 aliphatic rings. The van der Waals surface area contributed by atoms with E-state index in [1.165, 1.54) is 12.1 Å². The molecule has 0 radical (unpaired) electrons. The molecule has 0 unspecified atom stereocenters. The molecule has 7 nitrogen and oxygen atoms in total. The highest BCUT2D eigenvalue weighted by Crippen LogP contribution is 2.27. The third-order valence-electron chi connectivity index (χ3n) is 3.82. The van der Waals surface area contributed by atoms with Gasteiger partial charge in [-0.15, -0.1) is 0 Å². The van der Waals surface area contributed by atoms with Crippen LogP contribution in [-0.2, 0) is 14.4 Å². The molecule has 25 heavy (non-hydrogen) atoms. The molecule has 2 N–H and O–H groups in total. The lowest BCUT2D eigenvalue weighted by Crippen LogP contribution is -2.39. The highest BCUT2D eigenvalue weighted by atomic mass is 35.5. The zero-order valence-corrected chi connectivity index (χ0v) is 14.6. The molecule has 0 spiro atoms. The van der Waals surface area contributed by atoms with Crippen LogP contribution < -0.4 is 10.1 Å². The Morgan fingerprint density at radius 2 is 2.00 bits per heavy atom. The number of nitrogens with one attached hydrogen (secondary N) is 1. The summed E-state index contributed by atoms with van der Waals surface area (Å²) in [4.78, 5) is 36.3. The second kappa shape index (κ2) is 9.27. The number of anilines is 1. The summed E-state index contributed by atoms with van der Waals surface area (Å²) in [5.41, 5.74) is 0.456. The van der Waals surface area contributed by atoms with Crippen LogP contribution in [0.4, 0.5) is 5.69 Å². The number of ether oxygens (including phenoxy) is 1. The van der Waals surface area contributed by atoms with Crippen molar-refractivity contribution in [2.45, 2.75) is 32.1 Å².